The fourth-order valence-corrected chi connectivity index (χ4v) is 2.59. The number of anilines is 3. The highest BCUT2D eigenvalue weighted by atomic mass is 16.5. The Hall–Kier alpha value is -2.63. The summed E-state index contributed by atoms with van der Waals surface area (Å²) < 4.78 is 4.71. The summed E-state index contributed by atoms with van der Waals surface area (Å²) in [5.74, 6) is 1.14. The molecule has 0 bridgehead atoms. The molecule has 0 atom stereocenters. The summed E-state index contributed by atoms with van der Waals surface area (Å²) in [5.41, 5.74) is 2.24. The second kappa shape index (κ2) is 9.01. The molecular formula is C19H26N4O2. The van der Waals surface area contributed by atoms with Crippen molar-refractivity contribution in [2.45, 2.75) is 33.6 Å². The molecule has 1 aromatic carbocycles. The lowest BCUT2D eigenvalue weighted by atomic mass is 10.2. The molecule has 2 aromatic rings. The number of hydrogen-bond acceptors (Lipinski definition) is 6. The average molecular weight is 342 g/mol. The van der Waals surface area contributed by atoms with Gasteiger partial charge in [-0.2, -0.15) is 4.98 Å². The number of ether oxygens (including phenoxy) is 1. The van der Waals surface area contributed by atoms with Crippen molar-refractivity contribution in [2.24, 2.45) is 0 Å². The molecule has 0 saturated carbocycles. The summed E-state index contributed by atoms with van der Waals surface area (Å²) in [6, 6.07) is 9.06. The largest absolute Gasteiger partial charge is 0.465 e. The first-order chi connectivity index (χ1) is 12.1. The standard InChI is InChI=1S/C19H26N4O2/c1-5-11-23(12-6-2)17-13-14(3)20-19(22-17)21-16-9-7-15(8-10-16)18(24)25-4/h7-10,13H,5-6,11-12H2,1-4H3,(H,20,21,22). The van der Waals surface area contributed by atoms with Gasteiger partial charge in [0.05, 0.1) is 12.7 Å². The molecule has 0 saturated heterocycles. The van der Waals surface area contributed by atoms with Crippen molar-refractivity contribution >= 4 is 23.4 Å². The predicted octanol–water partition coefficient (Wildman–Crippen LogP) is 3.94. The molecule has 6 heteroatoms. The van der Waals surface area contributed by atoms with Crippen molar-refractivity contribution in [1.82, 2.24) is 9.97 Å². The van der Waals surface area contributed by atoms with Crippen LogP contribution in [-0.2, 0) is 4.74 Å². The first kappa shape index (κ1) is 18.7. The summed E-state index contributed by atoms with van der Waals surface area (Å²) in [4.78, 5) is 22.9. The van der Waals surface area contributed by atoms with Gasteiger partial charge in [0.2, 0.25) is 5.95 Å². The van der Waals surface area contributed by atoms with E-state index in [1.54, 1.807) is 12.1 Å². The molecule has 0 aliphatic rings. The SMILES string of the molecule is CCCN(CCC)c1cc(C)nc(Nc2ccc(C(=O)OC)cc2)n1. The van der Waals surface area contributed by atoms with Gasteiger partial charge in [0.1, 0.15) is 5.82 Å². The lowest BCUT2D eigenvalue weighted by Gasteiger charge is -2.23. The fourth-order valence-electron chi connectivity index (χ4n) is 2.59. The number of nitrogens with one attached hydrogen (secondary N) is 1. The van der Waals surface area contributed by atoms with Gasteiger partial charge in [-0.15, -0.1) is 0 Å². The van der Waals surface area contributed by atoms with Crippen LogP contribution in [0.15, 0.2) is 30.3 Å². The van der Waals surface area contributed by atoms with Gasteiger partial charge in [-0.25, -0.2) is 9.78 Å². The van der Waals surface area contributed by atoms with Crippen LogP contribution >= 0.6 is 0 Å². The minimum atomic E-state index is -0.351. The maximum atomic E-state index is 11.5. The van der Waals surface area contributed by atoms with E-state index < -0.39 is 0 Å². The lowest BCUT2D eigenvalue weighted by Crippen LogP contribution is -2.26. The predicted molar refractivity (Wildman–Crippen MR) is 101 cm³/mol. The van der Waals surface area contributed by atoms with Crippen molar-refractivity contribution in [3.63, 3.8) is 0 Å². The highest BCUT2D eigenvalue weighted by molar-refractivity contribution is 5.89. The molecule has 0 fully saturated rings. The van der Waals surface area contributed by atoms with Gasteiger partial charge in [0.15, 0.2) is 0 Å². The number of nitrogens with zero attached hydrogens (tertiary/aromatic N) is 3. The van der Waals surface area contributed by atoms with Crippen molar-refractivity contribution in [3.8, 4) is 0 Å². The third kappa shape index (κ3) is 5.17. The second-order valence-electron chi connectivity index (χ2n) is 5.87. The third-order valence-electron chi connectivity index (χ3n) is 3.71. The molecule has 1 aromatic heterocycles. The summed E-state index contributed by atoms with van der Waals surface area (Å²) in [7, 11) is 1.37. The van der Waals surface area contributed by atoms with Crippen molar-refractivity contribution in [2.75, 3.05) is 30.4 Å². The Labute approximate surface area is 149 Å². The zero-order valence-corrected chi connectivity index (χ0v) is 15.4. The highest BCUT2D eigenvalue weighted by Gasteiger charge is 2.10. The van der Waals surface area contributed by atoms with E-state index in [2.05, 4.69) is 34.0 Å². The van der Waals surface area contributed by atoms with E-state index in [0.29, 0.717) is 11.5 Å². The van der Waals surface area contributed by atoms with Gasteiger partial charge < -0.3 is 15.0 Å². The molecule has 0 unspecified atom stereocenters. The zero-order chi connectivity index (χ0) is 18.2. The molecular weight excluding hydrogens is 316 g/mol. The Balaban J connectivity index is 2.20. The van der Waals surface area contributed by atoms with E-state index in [1.165, 1.54) is 7.11 Å². The van der Waals surface area contributed by atoms with Gasteiger partial charge in [0, 0.05) is 30.5 Å². The molecule has 0 aliphatic heterocycles. The molecule has 1 heterocycles. The number of aromatic nitrogens is 2. The van der Waals surface area contributed by atoms with Crippen molar-refractivity contribution < 1.29 is 9.53 Å². The van der Waals surface area contributed by atoms with Gasteiger partial charge in [-0.3, -0.25) is 0 Å². The number of rotatable bonds is 8. The summed E-state index contributed by atoms with van der Waals surface area (Å²) in [6.07, 6.45) is 2.14. The number of carbonyl (C=O) groups is 1. The average Bonchev–Trinajstić information content (AvgIpc) is 2.61. The Morgan fingerprint density at radius 2 is 1.76 bits per heavy atom. The summed E-state index contributed by atoms with van der Waals surface area (Å²) >= 11 is 0. The zero-order valence-electron chi connectivity index (χ0n) is 15.4. The second-order valence-corrected chi connectivity index (χ2v) is 5.87. The van der Waals surface area contributed by atoms with E-state index in [1.807, 2.05) is 25.1 Å². The Bertz CT molecular complexity index is 695. The maximum Gasteiger partial charge on any atom is 0.337 e. The molecule has 0 spiro atoms. The quantitative estimate of drug-likeness (QED) is 0.733. The van der Waals surface area contributed by atoms with Crippen LogP contribution in [0, 0.1) is 6.92 Å². The van der Waals surface area contributed by atoms with Gasteiger partial charge in [0.25, 0.3) is 0 Å². The molecule has 0 radical (unpaired) electrons. The van der Waals surface area contributed by atoms with Crippen LogP contribution in [0.3, 0.4) is 0 Å². The van der Waals surface area contributed by atoms with E-state index in [9.17, 15) is 4.79 Å². The number of methoxy groups -OCH3 is 1. The number of carbonyl (C=O) groups excluding carboxylic acids is 1. The van der Waals surface area contributed by atoms with Crippen LogP contribution in [0.4, 0.5) is 17.5 Å². The Morgan fingerprint density at radius 3 is 2.32 bits per heavy atom. The van der Waals surface area contributed by atoms with Crippen LogP contribution < -0.4 is 10.2 Å². The topological polar surface area (TPSA) is 67.4 Å². The van der Waals surface area contributed by atoms with Crippen LogP contribution in [0.1, 0.15) is 42.7 Å². The van der Waals surface area contributed by atoms with Gasteiger partial charge in [-0.05, 0) is 44.0 Å². The van der Waals surface area contributed by atoms with Gasteiger partial charge in [-0.1, -0.05) is 13.8 Å². The lowest BCUT2D eigenvalue weighted by molar-refractivity contribution is 0.0601. The van der Waals surface area contributed by atoms with Gasteiger partial charge >= 0.3 is 5.97 Å². The molecule has 2 rings (SSSR count). The summed E-state index contributed by atoms with van der Waals surface area (Å²) in [6.45, 7) is 8.24. The minimum Gasteiger partial charge on any atom is -0.465 e. The normalized spacial score (nSPS) is 10.4. The number of hydrogen-bond donors (Lipinski definition) is 1. The van der Waals surface area contributed by atoms with E-state index >= 15 is 0 Å². The minimum absolute atomic E-state index is 0.351. The molecule has 25 heavy (non-hydrogen) atoms. The fraction of sp³-hybridized carbons (Fsp3) is 0.421. The smallest absolute Gasteiger partial charge is 0.337 e. The number of benzene rings is 1. The van der Waals surface area contributed by atoms with Crippen LogP contribution in [0.25, 0.3) is 0 Å². The molecule has 0 aliphatic carbocycles. The van der Waals surface area contributed by atoms with Crippen molar-refractivity contribution in [1.29, 1.82) is 0 Å². The maximum absolute atomic E-state index is 11.5. The van der Waals surface area contributed by atoms with E-state index in [-0.39, 0.29) is 5.97 Å². The molecule has 6 nitrogen and oxygen atoms in total. The Kier molecular flexibility index (Phi) is 6.74. The first-order valence-electron chi connectivity index (χ1n) is 8.63. The number of esters is 1. The van der Waals surface area contributed by atoms with E-state index in [0.717, 1.165) is 43.1 Å². The number of aryl methyl sites for hydroxylation is 1. The Morgan fingerprint density at radius 1 is 1.12 bits per heavy atom. The molecule has 0 amide bonds. The summed E-state index contributed by atoms with van der Waals surface area (Å²) in [5, 5.41) is 3.21. The van der Waals surface area contributed by atoms with Crippen LogP contribution in [-0.4, -0.2) is 36.1 Å². The highest BCUT2D eigenvalue weighted by Crippen LogP contribution is 2.19. The first-order valence-corrected chi connectivity index (χ1v) is 8.63. The van der Waals surface area contributed by atoms with Crippen molar-refractivity contribution in [3.05, 3.63) is 41.6 Å². The van der Waals surface area contributed by atoms with Crippen LogP contribution in [0.2, 0.25) is 0 Å². The van der Waals surface area contributed by atoms with E-state index in [4.69, 9.17) is 4.74 Å². The van der Waals surface area contributed by atoms with Crippen LogP contribution in [0.5, 0.6) is 0 Å². The monoisotopic (exact) mass is 342 g/mol. The third-order valence-corrected chi connectivity index (χ3v) is 3.71. The molecule has 1 N–H and O–H groups in total. The molecule has 134 valence electrons.